The van der Waals surface area contributed by atoms with E-state index in [1.54, 1.807) is 28.4 Å². The molecule has 19 aromatic rings. The number of aromatic amines is 2. The van der Waals surface area contributed by atoms with Gasteiger partial charge in [-0.15, -0.1) is 0 Å². The first kappa shape index (κ1) is 60.1. The Morgan fingerprint density at radius 3 is 0.490 bits per heavy atom. The summed E-state index contributed by atoms with van der Waals surface area (Å²) in [5, 5.41) is 35.1. The van der Waals surface area contributed by atoms with Crippen LogP contribution in [0.4, 0.5) is 0 Å². The lowest BCUT2D eigenvalue weighted by Crippen LogP contribution is -1.92. The molecule has 0 fully saturated rings. The second-order valence-corrected chi connectivity index (χ2v) is 26.4. The number of hydrogen-bond donors (Lipinski definition) is 2. The van der Waals surface area contributed by atoms with Gasteiger partial charge in [0.25, 0.3) is 0 Å². The van der Waals surface area contributed by atoms with E-state index in [-0.39, 0.29) is 0 Å². The number of hydrogen-bond acceptors (Lipinski definition) is 4. The number of H-pyrrole nitrogens is 2. The molecule has 0 saturated heterocycles. The lowest BCUT2D eigenvalue weighted by molar-refractivity contribution is 0.400. The Hall–Kier alpha value is -13.2. The molecular formula is C96H66N2O4. The fourth-order valence-electron chi connectivity index (χ4n) is 16.8. The summed E-state index contributed by atoms with van der Waals surface area (Å²) in [6, 6.07) is 115. The molecule has 484 valence electrons. The van der Waals surface area contributed by atoms with E-state index in [9.17, 15) is 0 Å². The normalized spacial score (nSPS) is 11.7. The van der Waals surface area contributed by atoms with Crippen LogP contribution in [0.5, 0.6) is 23.0 Å². The average molecular weight is 1310 g/mol. The van der Waals surface area contributed by atoms with E-state index in [0.29, 0.717) is 23.0 Å². The van der Waals surface area contributed by atoms with Crippen molar-refractivity contribution in [3.8, 4) is 23.0 Å². The van der Waals surface area contributed by atoms with Crippen molar-refractivity contribution in [3.63, 3.8) is 0 Å². The maximum absolute atomic E-state index is 6.50. The summed E-state index contributed by atoms with van der Waals surface area (Å²) in [6.07, 6.45) is 0. The predicted molar refractivity (Wildman–Crippen MR) is 436 cm³/mol. The molecule has 6 nitrogen and oxygen atoms in total. The van der Waals surface area contributed by atoms with Crippen LogP contribution in [0.3, 0.4) is 0 Å². The number of rotatable bonds is 4. The van der Waals surface area contributed by atoms with Crippen molar-refractivity contribution >= 4 is 194 Å². The average Bonchev–Trinajstić information content (AvgIpc) is 0.732. The predicted octanol–water partition coefficient (Wildman–Crippen LogP) is 26.2. The number of aromatic nitrogens is 2. The minimum Gasteiger partial charge on any atom is -0.496 e. The Bertz CT molecular complexity index is 6120. The van der Waals surface area contributed by atoms with Gasteiger partial charge in [-0.2, -0.15) is 0 Å². The topological polar surface area (TPSA) is 68.5 Å². The number of methoxy groups -OCH3 is 4. The highest BCUT2D eigenvalue weighted by molar-refractivity contribution is 6.38. The van der Waals surface area contributed by atoms with Crippen LogP contribution in [0, 0.1) is 0 Å². The molecule has 0 atom stereocenters. The molecule has 2 N–H and O–H groups in total. The van der Waals surface area contributed by atoms with E-state index in [4.69, 9.17) is 18.9 Å². The molecule has 1 aromatic heterocycles. The molecule has 102 heavy (non-hydrogen) atoms. The van der Waals surface area contributed by atoms with Crippen molar-refractivity contribution in [1.29, 1.82) is 0 Å². The summed E-state index contributed by atoms with van der Waals surface area (Å²) >= 11 is 0. The Morgan fingerprint density at radius 1 is 0.157 bits per heavy atom. The lowest BCUT2D eigenvalue weighted by Gasteiger charge is -2.16. The van der Waals surface area contributed by atoms with E-state index >= 15 is 0 Å². The van der Waals surface area contributed by atoms with Gasteiger partial charge >= 0.3 is 0 Å². The largest absolute Gasteiger partial charge is 0.496 e. The number of benzene rings is 18. The Balaban J connectivity index is 1.00. The third-order valence-electron chi connectivity index (χ3n) is 21.0. The van der Waals surface area contributed by atoms with Gasteiger partial charge in [-0.1, -0.05) is 243 Å². The third-order valence-corrected chi connectivity index (χ3v) is 21.0. The van der Waals surface area contributed by atoms with E-state index in [1.165, 1.54) is 0 Å². The number of nitrogens with one attached hydrogen (secondary N) is 2. The quantitative estimate of drug-likeness (QED) is 0.172. The summed E-state index contributed by atoms with van der Waals surface area (Å²) in [7, 11) is 7.06. The van der Waals surface area contributed by atoms with Crippen LogP contribution in [0.25, 0.3) is 194 Å². The molecule has 0 aliphatic carbocycles. The molecule has 0 spiro atoms. The highest BCUT2D eigenvalue weighted by Gasteiger charge is 2.21. The van der Waals surface area contributed by atoms with Crippen molar-refractivity contribution in [1.82, 2.24) is 9.97 Å². The maximum atomic E-state index is 6.50. The van der Waals surface area contributed by atoms with Crippen LogP contribution in [0.1, 0.15) is 0 Å². The molecule has 18 aromatic carbocycles. The van der Waals surface area contributed by atoms with Crippen molar-refractivity contribution < 1.29 is 18.9 Å². The van der Waals surface area contributed by atoms with Gasteiger partial charge in [0.2, 0.25) is 0 Å². The molecular weight excluding hydrogens is 1250 g/mol. The van der Waals surface area contributed by atoms with Gasteiger partial charge in [-0.05, 0) is 190 Å². The van der Waals surface area contributed by atoms with Crippen LogP contribution >= 0.6 is 0 Å². The highest BCUT2D eigenvalue weighted by Crippen LogP contribution is 2.49. The molecule has 1 heterocycles. The molecule has 0 radical (unpaired) electrons. The van der Waals surface area contributed by atoms with Crippen molar-refractivity contribution in [2.24, 2.45) is 0 Å². The zero-order valence-electron chi connectivity index (χ0n) is 56.7. The Labute approximate surface area is 586 Å². The highest BCUT2D eigenvalue weighted by atomic mass is 16.5. The molecule has 20 bridgehead atoms. The smallest absolute Gasteiger partial charge is 0.130 e. The van der Waals surface area contributed by atoms with E-state index in [1.807, 2.05) is 0 Å². The van der Waals surface area contributed by atoms with Gasteiger partial charge in [0.05, 0.1) is 28.4 Å². The van der Waals surface area contributed by atoms with Gasteiger partial charge in [0, 0.05) is 77.3 Å². The summed E-state index contributed by atoms with van der Waals surface area (Å²) in [4.78, 5) is 7.81. The first-order chi connectivity index (χ1) is 50.4. The SMILES string of the molecule is COc1cc(OC)c2cc1c1c3ccccc3c(c3cccc(c3)[nH]c3cccc(c3)c3c4ccccc4c(c4cc(c(OC)cc4OC)c4c5ccccc5c(c5cccc(c5)[nH]c5cccc(c5)c5c6ccccc6c2c2ccccc25)c2ccccc24)c2ccccc23)c2ccccc21. The zero-order chi connectivity index (χ0) is 68.1. The molecule has 6 heteroatoms. The molecule has 19 rings (SSSR count). The Morgan fingerprint density at radius 2 is 0.324 bits per heavy atom. The maximum Gasteiger partial charge on any atom is 0.130 e. The van der Waals surface area contributed by atoms with Crippen molar-refractivity contribution in [2.45, 2.75) is 0 Å². The lowest BCUT2D eigenvalue weighted by atomic mass is 9.90. The van der Waals surface area contributed by atoms with E-state index < -0.39 is 0 Å². The van der Waals surface area contributed by atoms with Gasteiger partial charge in [0.1, 0.15) is 23.0 Å². The third kappa shape index (κ3) is 9.55. The fraction of sp³-hybridized carbons (Fsp3) is 0.0417. The van der Waals surface area contributed by atoms with Crippen LogP contribution in [0.15, 0.2) is 315 Å². The van der Waals surface area contributed by atoms with Gasteiger partial charge in [-0.3, -0.25) is 0 Å². The van der Waals surface area contributed by atoms with E-state index in [2.05, 4.69) is 325 Å². The summed E-state index contributed by atoms with van der Waals surface area (Å²) in [5.74, 6) is 2.87. The second kappa shape index (κ2) is 24.4. The monoisotopic (exact) mass is 1310 g/mol. The fourth-order valence-corrected chi connectivity index (χ4v) is 16.8. The van der Waals surface area contributed by atoms with Crippen LogP contribution in [-0.4, -0.2) is 38.4 Å². The van der Waals surface area contributed by atoms with Crippen LogP contribution in [0.2, 0.25) is 0 Å². The van der Waals surface area contributed by atoms with Gasteiger partial charge in [0.15, 0.2) is 0 Å². The number of ether oxygens (including phenoxy) is 4. The minimum absolute atomic E-state index is 0.717. The summed E-state index contributed by atoms with van der Waals surface area (Å²) in [6.45, 7) is 0. The van der Waals surface area contributed by atoms with Crippen LogP contribution in [-0.2, 0) is 0 Å². The Kier molecular flexibility index (Phi) is 14.4. The van der Waals surface area contributed by atoms with Gasteiger partial charge < -0.3 is 28.9 Å². The minimum atomic E-state index is 0.717. The molecule has 0 aliphatic rings. The molecule has 0 saturated carbocycles. The van der Waals surface area contributed by atoms with Crippen molar-refractivity contribution in [3.05, 3.63) is 315 Å². The standard InChI is InChI=1S/C96H66N2O4/c1-99-85-55-86(100-2)82-53-81(85)93-73-41-13-5-33-65(73)89(66-34-6-14-42-74(66)93)57-25-21-29-61(49-57)97-63-31-23-27-59(51-63)91-69-37-9-17-45-77(69)95(78-46-18-10-38-70(78)91)83-54-84(88(102-4)56-87(83)101-3)96-79-47-19-11-39-71(79)92(72-40-12-20-48-80(72)96)60-28-24-32-64(52-60)98-62-30-22-26-58(50-62)90-67-35-7-15-43-75(67)94(82)76-44-16-8-36-68(76)90/h5-56,97-98H,1-4H3. The van der Waals surface area contributed by atoms with Gasteiger partial charge in [-0.25, -0.2) is 0 Å². The summed E-state index contributed by atoms with van der Waals surface area (Å²) in [5.41, 5.74) is 3.88. The van der Waals surface area contributed by atoms with Crippen molar-refractivity contribution in [2.75, 3.05) is 28.4 Å². The number of fused-ring (bicyclic) bond motifs is 32. The first-order valence-corrected chi connectivity index (χ1v) is 34.7. The molecule has 0 unspecified atom stereocenters. The molecule has 0 amide bonds. The zero-order valence-corrected chi connectivity index (χ0v) is 56.7. The van der Waals surface area contributed by atoms with Crippen LogP contribution < -0.4 is 18.9 Å². The summed E-state index contributed by atoms with van der Waals surface area (Å²) < 4.78 is 26.0. The molecule has 0 aliphatic heterocycles. The second-order valence-electron chi connectivity index (χ2n) is 26.4. The first-order valence-electron chi connectivity index (χ1n) is 34.7. The van der Waals surface area contributed by atoms with E-state index in [0.717, 1.165) is 194 Å².